The fourth-order valence-electron chi connectivity index (χ4n) is 2.07. The summed E-state index contributed by atoms with van der Waals surface area (Å²) in [6, 6.07) is 19.2. The summed E-state index contributed by atoms with van der Waals surface area (Å²) in [7, 11) is 0. The molecule has 0 bridgehead atoms. The van der Waals surface area contributed by atoms with Crippen molar-refractivity contribution in [2.24, 2.45) is 5.73 Å². The lowest BCUT2D eigenvalue weighted by atomic mass is 9.92. The highest BCUT2D eigenvalue weighted by molar-refractivity contribution is 5.26. The van der Waals surface area contributed by atoms with Crippen LogP contribution in [-0.2, 0) is 6.42 Å². The zero-order valence-electron chi connectivity index (χ0n) is 10.3. The van der Waals surface area contributed by atoms with Crippen LogP contribution < -0.4 is 5.73 Å². The van der Waals surface area contributed by atoms with Crippen LogP contribution >= 0.6 is 0 Å². The van der Waals surface area contributed by atoms with Gasteiger partial charge in [-0.25, -0.2) is 0 Å². The lowest BCUT2D eigenvalue weighted by molar-refractivity contribution is 0.694. The minimum absolute atomic E-state index is 0.416. The molecule has 2 aromatic rings. The summed E-state index contributed by atoms with van der Waals surface area (Å²) in [5.74, 6) is 0.416. The van der Waals surface area contributed by atoms with Gasteiger partial charge >= 0.3 is 0 Å². The van der Waals surface area contributed by atoms with Gasteiger partial charge in [0.1, 0.15) is 0 Å². The molecule has 88 valence electrons. The minimum Gasteiger partial charge on any atom is -0.330 e. The Morgan fingerprint density at radius 1 is 0.941 bits per heavy atom. The molecule has 1 unspecified atom stereocenters. The first-order valence-corrected chi connectivity index (χ1v) is 6.10. The predicted molar refractivity (Wildman–Crippen MR) is 73.1 cm³/mol. The Labute approximate surface area is 103 Å². The molecule has 0 aliphatic rings. The zero-order valence-corrected chi connectivity index (χ0v) is 10.3. The summed E-state index contributed by atoms with van der Waals surface area (Å²) in [6.07, 6.45) is 1.01. The van der Waals surface area contributed by atoms with Gasteiger partial charge in [-0.2, -0.15) is 0 Å². The highest BCUT2D eigenvalue weighted by Gasteiger charge is 2.09. The number of hydrogen-bond donors (Lipinski definition) is 1. The van der Waals surface area contributed by atoms with Crippen molar-refractivity contribution in [2.45, 2.75) is 19.3 Å². The molecule has 0 saturated heterocycles. The van der Waals surface area contributed by atoms with Gasteiger partial charge in [0, 0.05) is 5.92 Å². The molecule has 0 saturated carbocycles. The first-order chi connectivity index (χ1) is 8.29. The van der Waals surface area contributed by atoms with Crippen LogP contribution in [-0.4, -0.2) is 6.54 Å². The number of nitrogens with two attached hydrogens (primary N) is 1. The van der Waals surface area contributed by atoms with Crippen molar-refractivity contribution < 1.29 is 0 Å². The Bertz CT molecular complexity index is 445. The van der Waals surface area contributed by atoms with E-state index in [-0.39, 0.29) is 0 Å². The molecule has 0 heterocycles. The zero-order chi connectivity index (χ0) is 12.1. The van der Waals surface area contributed by atoms with Crippen molar-refractivity contribution in [1.82, 2.24) is 0 Å². The van der Waals surface area contributed by atoms with E-state index in [1.54, 1.807) is 0 Å². The molecule has 0 aliphatic heterocycles. The summed E-state index contributed by atoms with van der Waals surface area (Å²) in [5, 5.41) is 0. The van der Waals surface area contributed by atoms with E-state index in [0.717, 1.165) is 6.42 Å². The maximum absolute atomic E-state index is 5.88. The van der Waals surface area contributed by atoms with Crippen molar-refractivity contribution in [1.29, 1.82) is 0 Å². The summed E-state index contributed by atoms with van der Waals surface area (Å²) in [6.45, 7) is 2.80. The van der Waals surface area contributed by atoms with Gasteiger partial charge in [-0.3, -0.25) is 0 Å². The normalized spacial score (nSPS) is 12.4. The Morgan fingerprint density at radius 2 is 1.59 bits per heavy atom. The highest BCUT2D eigenvalue weighted by atomic mass is 14.5. The van der Waals surface area contributed by atoms with E-state index in [0.29, 0.717) is 12.5 Å². The summed E-state index contributed by atoms with van der Waals surface area (Å²) < 4.78 is 0. The van der Waals surface area contributed by atoms with Gasteiger partial charge in [-0.15, -0.1) is 0 Å². The molecular formula is C16H19N. The van der Waals surface area contributed by atoms with E-state index < -0.39 is 0 Å². The smallest absolute Gasteiger partial charge is 0.000157 e. The average Bonchev–Trinajstić information content (AvgIpc) is 2.39. The van der Waals surface area contributed by atoms with E-state index >= 15 is 0 Å². The van der Waals surface area contributed by atoms with Crippen LogP contribution in [0.5, 0.6) is 0 Å². The summed E-state index contributed by atoms with van der Waals surface area (Å²) in [5.41, 5.74) is 9.87. The van der Waals surface area contributed by atoms with E-state index in [1.165, 1.54) is 16.7 Å². The van der Waals surface area contributed by atoms with Crippen LogP contribution in [0.1, 0.15) is 22.6 Å². The van der Waals surface area contributed by atoms with E-state index in [9.17, 15) is 0 Å². The fraction of sp³-hybridized carbons (Fsp3) is 0.250. The van der Waals surface area contributed by atoms with Crippen molar-refractivity contribution in [2.75, 3.05) is 6.54 Å². The Morgan fingerprint density at radius 3 is 2.18 bits per heavy atom. The first kappa shape index (κ1) is 11.9. The van der Waals surface area contributed by atoms with Crippen LogP contribution in [0.25, 0.3) is 0 Å². The van der Waals surface area contributed by atoms with Gasteiger partial charge in [0.15, 0.2) is 0 Å². The molecule has 0 aliphatic carbocycles. The van der Waals surface area contributed by atoms with Gasteiger partial charge in [0.2, 0.25) is 0 Å². The quantitative estimate of drug-likeness (QED) is 0.849. The summed E-state index contributed by atoms with van der Waals surface area (Å²) in [4.78, 5) is 0. The molecule has 17 heavy (non-hydrogen) atoms. The average molecular weight is 225 g/mol. The van der Waals surface area contributed by atoms with Crippen LogP contribution in [0, 0.1) is 6.92 Å². The van der Waals surface area contributed by atoms with Crippen molar-refractivity contribution >= 4 is 0 Å². The van der Waals surface area contributed by atoms with Gasteiger partial charge in [-0.1, -0.05) is 60.2 Å². The first-order valence-electron chi connectivity index (χ1n) is 6.10. The summed E-state index contributed by atoms with van der Waals surface area (Å²) >= 11 is 0. The molecular weight excluding hydrogens is 206 g/mol. The third kappa shape index (κ3) is 3.18. The van der Waals surface area contributed by atoms with Gasteiger partial charge in [0.05, 0.1) is 0 Å². The molecule has 0 radical (unpaired) electrons. The lowest BCUT2D eigenvalue weighted by Crippen LogP contribution is -2.14. The molecule has 2 rings (SSSR count). The third-order valence-electron chi connectivity index (χ3n) is 3.16. The highest BCUT2D eigenvalue weighted by Crippen LogP contribution is 2.19. The minimum atomic E-state index is 0.416. The largest absolute Gasteiger partial charge is 0.330 e. The SMILES string of the molecule is Cc1ccc(CC(CN)c2ccccc2)cc1. The molecule has 1 heteroatoms. The van der Waals surface area contributed by atoms with Crippen molar-refractivity contribution in [3.63, 3.8) is 0 Å². The predicted octanol–water partition coefficient (Wildman–Crippen LogP) is 3.28. The van der Waals surface area contributed by atoms with Gasteiger partial charge in [0.25, 0.3) is 0 Å². The van der Waals surface area contributed by atoms with E-state index in [1.807, 2.05) is 6.07 Å². The molecule has 2 N–H and O–H groups in total. The third-order valence-corrected chi connectivity index (χ3v) is 3.16. The second-order valence-electron chi connectivity index (χ2n) is 4.53. The standard InChI is InChI=1S/C16H19N/c1-13-7-9-14(10-8-13)11-16(12-17)15-5-3-2-4-6-15/h2-10,16H,11-12,17H2,1H3. The van der Waals surface area contributed by atoms with Crippen LogP contribution in [0.2, 0.25) is 0 Å². The number of aryl methyl sites for hydroxylation is 1. The topological polar surface area (TPSA) is 26.0 Å². The molecule has 2 aromatic carbocycles. The number of rotatable bonds is 4. The van der Waals surface area contributed by atoms with Crippen molar-refractivity contribution in [3.8, 4) is 0 Å². The molecule has 0 spiro atoms. The molecule has 1 atom stereocenters. The van der Waals surface area contributed by atoms with Gasteiger partial charge in [-0.05, 0) is 31.0 Å². The van der Waals surface area contributed by atoms with Crippen molar-refractivity contribution in [3.05, 3.63) is 71.3 Å². The second-order valence-corrected chi connectivity index (χ2v) is 4.53. The van der Waals surface area contributed by atoms with Crippen LogP contribution in [0.3, 0.4) is 0 Å². The lowest BCUT2D eigenvalue weighted by Gasteiger charge is -2.15. The second kappa shape index (κ2) is 5.65. The van der Waals surface area contributed by atoms with Crippen LogP contribution in [0.4, 0.5) is 0 Å². The molecule has 0 amide bonds. The molecule has 1 nitrogen and oxygen atoms in total. The van der Waals surface area contributed by atoms with E-state index in [4.69, 9.17) is 5.73 Å². The van der Waals surface area contributed by atoms with Gasteiger partial charge < -0.3 is 5.73 Å². The van der Waals surface area contributed by atoms with E-state index in [2.05, 4.69) is 55.5 Å². The number of hydrogen-bond acceptors (Lipinski definition) is 1. The van der Waals surface area contributed by atoms with Crippen LogP contribution in [0.15, 0.2) is 54.6 Å². The molecule has 0 aromatic heterocycles. The number of benzene rings is 2. The Kier molecular flexibility index (Phi) is 3.94. The Hall–Kier alpha value is -1.60. The maximum Gasteiger partial charge on any atom is 0.000157 e. The maximum atomic E-state index is 5.88. The fourth-order valence-corrected chi connectivity index (χ4v) is 2.07. The Balaban J connectivity index is 2.13. The molecule has 0 fully saturated rings. The monoisotopic (exact) mass is 225 g/mol.